The highest BCUT2D eigenvalue weighted by molar-refractivity contribution is 14.1. The molecule has 23 heavy (non-hydrogen) atoms. The van der Waals surface area contributed by atoms with E-state index in [9.17, 15) is 9.90 Å². The molecule has 1 heterocycles. The van der Waals surface area contributed by atoms with E-state index in [1.165, 1.54) is 0 Å². The summed E-state index contributed by atoms with van der Waals surface area (Å²) >= 11 is 2.22. The van der Waals surface area contributed by atoms with Gasteiger partial charge in [0, 0.05) is 22.2 Å². The number of benzene rings is 2. The van der Waals surface area contributed by atoms with E-state index in [2.05, 4.69) is 22.6 Å². The van der Waals surface area contributed by atoms with Crippen molar-refractivity contribution in [2.45, 2.75) is 18.9 Å². The number of carbonyl (C=O) groups excluding carboxylic acids is 1. The van der Waals surface area contributed by atoms with Gasteiger partial charge in [0.1, 0.15) is 0 Å². The summed E-state index contributed by atoms with van der Waals surface area (Å²) in [6.07, 6.45) is 1.24. The fourth-order valence-corrected chi connectivity index (χ4v) is 3.69. The first-order chi connectivity index (χ1) is 11.1. The summed E-state index contributed by atoms with van der Waals surface area (Å²) in [6, 6.07) is 17.5. The first-order valence-electron chi connectivity index (χ1n) is 7.93. The van der Waals surface area contributed by atoms with E-state index < -0.39 is 6.10 Å². The number of likely N-dealkylation sites (tertiary alicyclic amines) is 1. The predicted octanol–water partition coefficient (Wildman–Crippen LogP) is 3.88. The Bertz CT molecular complexity index is 666. The van der Waals surface area contributed by atoms with Crippen molar-refractivity contribution in [1.29, 1.82) is 0 Å². The fraction of sp³-hybridized carbons (Fsp3) is 0.316. The molecule has 1 amide bonds. The van der Waals surface area contributed by atoms with Gasteiger partial charge in [-0.05, 0) is 65.1 Å². The lowest BCUT2D eigenvalue weighted by Gasteiger charge is -2.34. The Kier molecular flexibility index (Phi) is 5.33. The van der Waals surface area contributed by atoms with Crippen molar-refractivity contribution in [2.24, 2.45) is 5.92 Å². The molecule has 0 spiro atoms. The maximum Gasteiger partial charge on any atom is 0.253 e. The van der Waals surface area contributed by atoms with Crippen molar-refractivity contribution >= 4 is 28.5 Å². The third-order valence-corrected chi connectivity index (χ3v) is 5.16. The van der Waals surface area contributed by atoms with Crippen molar-refractivity contribution in [3.05, 3.63) is 69.3 Å². The fourth-order valence-electron chi connectivity index (χ4n) is 3.14. The molecule has 1 fully saturated rings. The molecule has 3 rings (SSSR count). The summed E-state index contributed by atoms with van der Waals surface area (Å²) in [5.41, 5.74) is 1.72. The van der Waals surface area contributed by atoms with Gasteiger partial charge in [-0.2, -0.15) is 0 Å². The zero-order valence-corrected chi connectivity index (χ0v) is 15.0. The van der Waals surface area contributed by atoms with Crippen molar-refractivity contribution in [2.75, 3.05) is 13.1 Å². The van der Waals surface area contributed by atoms with E-state index in [1.807, 2.05) is 59.5 Å². The molecule has 1 unspecified atom stereocenters. The Labute approximate surface area is 150 Å². The Hall–Kier alpha value is -1.40. The predicted molar refractivity (Wildman–Crippen MR) is 99.2 cm³/mol. The van der Waals surface area contributed by atoms with Gasteiger partial charge in [0.2, 0.25) is 0 Å². The van der Waals surface area contributed by atoms with E-state index in [0.717, 1.165) is 27.5 Å². The van der Waals surface area contributed by atoms with Gasteiger partial charge in [0.15, 0.2) is 0 Å². The molecule has 0 radical (unpaired) electrons. The molecule has 0 bridgehead atoms. The highest BCUT2D eigenvalue weighted by atomic mass is 127. The molecule has 0 aliphatic carbocycles. The number of hydrogen-bond acceptors (Lipinski definition) is 2. The van der Waals surface area contributed by atoms with Gasteiger partial charge in [-0.15, -0.1) is 0 Å². The lowest BCUT2D eigenvalue weighted by Crippen LogP contribution is -2.39. The highest BCUT2D eigenvalue weighted by Gasteiger charge is 2.28. The molecular weight excluding hydrogens is 401 g/mol. The van der Waals surface area contributed by atoms with E-state index in [-0.39, 0.29) is 11.8 Å². The third-order valence-electron chi connectivity index (χ3n) is 4.49. The minimum atomic E-state index is -0.439. The molecule has 1 aliphatic heterocycles. The lowest BCUT2D eigenvalue weighted by molar-refractivity contribution is 0.0462. The molecule has 4 heteroatoms. The minimum Gasteiger partial charge on any atom is -0.388 e. The Morgan fingerprint density at radius 2 is 1.78 bits per heavy atom. The van der Waals surface area contributed by atoms with Gasteiger partial charge in [-0.3, -0.25) is 4.79 Å². The summed E-state index contributed by atoms with van der Waals surface area (Å²) in [4.78, 5) is 14.5. The van der Waals surface area contributed by atoms with Crippen LogP contribution in [0.25, 0.3) is 0 Å². The van der Waals surface area contributed by atoms with E-state index >= 15 is 0 Å². The average molecular weight is 421 g/mol. The van der Waals surface area contributed by atoms with Crippen LogP contribution in [-0.4, -0.2) is 29.0 Å². The van der Waals surface area contributed by atoms with Crippen LogP contribution >= 0.6 is 22.6 Å². The quantitative estimate of drug-likeness (QED) is 0.765. The summed E-state index contributed by atoms with van der Waals surface area (Å²) in [5.74, 6) is 0.313. The number of hydrogen-bond donors (Lipinski definition) is 1. The third kappa shape index (κ3) is 3.93. The van der Waals surface area contributed by atoms with Crippen molar-refractivity contribution in [3.8, 4) is 0 Å². The molecule has 2 aromatic rings. The van der Waals surface area contributed by atoms with Crippen LogP contribution in [0.5, 0.6) is 0 Å². The van der Waals surface area contributed by atoms with Gasteiger partial charge in [-0.25, -0.2) is 0 Å². The summed E-state index contributed by atoms with van der Waals surface area (Å²) < 4.78 is 1.07. The molecule has 0 aromatic heterocycles. The second kappa shape index (κ2) is 7.45. The topological polar surface area (TPSA) is 40.5 Å². The largest absolute Gasteiger partial charge is 0.388 e. The first-order valence-corrected chi connectivity index (χ1v) is 9.01. The Morgan fingerprint density at radius 1 is 1.09 bits per heavy atom. The zero-order chi connectivity index (χ0) is 16.2. The van der Waals surface area contributed by atoms with Gasteiger partial charge in [-0.1, -0.05) is 36.4 Å². The van der Waals surface area contributed by atoms with Crippen molar-refractivity contribution < 1.29 is 9.90 Å². The lowest BCUT2D eigenvalue weighted by atomic mass is 9.87. The van der Waals surface area contributed by atoms with Gasteiger partial charge in [0.05, 0.1) is 6.10 Å². The average Bonchev–Trinajstić information content (AvgIpc) is 2.61. The number of piperidine rings is 1. The smallest absolute Gasteiger partial charge is 0.253 e. The number of aliphatic hydroxyl groups excluding tert-OH is 1. The standard InChI is InChI=1S/C19H20INO2/c20-17-8-4-7-16(13-17)19(23)21-11-9-15(10-12-21)18(22)14-5-2-1-3-6-14/h1-8,13,15,18,22H,9-12H2. The summed E-state index contributed by atoms with van der Waals surface area (Å²) in [7, 11) is 0. The van der Waals surface area contributed by atoms with Gasteiger partial charge >= 0.3 is 0 Å². The number of nitrogens with zero attached hydrogens (tertiary/aromatic N) is 1. The Balaban J connectivity index is 1.61. The van der Waals surface area contributed by atoms with Crippen LogP contribution in [0, 0.1) is 9.49 Å². The summed E-state index contributed by atoms with van der Waals surface area (Å²) in [6.45, 7) is 1.41. The first kappa shape index (κ1) is 16.5. The molecule has 3 nitrogen and oxygen atoms in total. The number of carbonyl (C=O) groups is 1. The van der Waals surface area contributed by atoms with Crippen LogP contribution < -0.4 is 0 Å². The molecule has 1 saturated heterocycles. The second-order valence-corrected chi connectivity index (χ2v) is 7.24. The van der Waals surface area contributed by atoms with E-state index in [4.69, 9.17) is 0 Å². The van der Waals surface area contributed by atoms with Crippen LogP contribution in [0.2, 0.25) is 0 Å². The molecule has 1 aliphatic rings. The number of aliphatic hydroxyl groups is 1. The van der Waals surface area contributed by atoms with E-state index in [1.54, 1.807) is 0 Å². The molecule has 1 N–H and O–H groups in total. The number of rotatable bonds is 3. The SMILES string of the molecule is O=C(c1cccc(I)c1)N1CCC(C(O)c2ccccc2)CC1. The maximum absolute atomic E-state index is 12.6. The summed E-state index contributed by atoms with van der Waals surface area (Å²) in [5, 5.41) is 10.5. The van der Waals surface area contributed by atoms with E-state index in [0.29, 0.717) is 13.1 Å². The van der Waals surface area contributed by atoms with Crippen LogP contribution in [0.15, 0.2) is 54.6 Å². The molecule has 1 atom stereocenters. The van der Waals surface area contributed by atoms with Crippen molar-refractivity contribution in [3.63, 3.8) is 0 Å². The molecular formula is C19H20INO2. The Morgan fingerprint density at radius 3 is 2.43 bits per heavy atom. The van der Waals surface area contributed by atoms with Crippen molar-refractivity contribution in [1.82, 2.24) is 4.90 Å². The van der Waals surface area contributed by atoms with Crippen LogP contribution in [0.4, 0.5) is 0 Å². The highest BCUT2D eigenvalue weighted by Crippen LogP contribution is 2.31. The van der Waals surface area contributed by atoms with Crippen LogP contribution in [0.3, 0.4) is 0 Å². The molecule has 2 aromatic carbocycles. The monoisotopic (exact) mass is 421 g/mol. The van der Waals surface area contributed by atoms with Gasteiger partial charge < -0.3 is 10.0 Å². The molecule has 0 saturated carbocycles. The van der Waals surface area contributed by atoms with Gasteiger partial charge in [0.25, 0.3) is 5.91 Å². The van der Waals surface area contributed by atoms with Crippen LogP contribution in [-0.2, 0) is 0 Å². The normalized spacial score (nSPS) is 17.0. The molecule has 120 valence electrons. The minimum absolute atomic E-state index is 0.0937. The second-order valence-electron chi connectivity index (χ2n) is 6.00. The number of halogens is 1. The van der Waals surface area contributed by atoms with Crippen LogP contribution in [0.1, 0.15) is 34.9 Å². The number of amides is 1. The zero-order valence-electron chi connectivity index (χ0n) is 12.9. The maximum atomic E-state index is 12.6.